The third-order valence-electron chi connectivity index (χ3n) is 13.5. The summed E-state index contributed by atoms with van der Waals surface area (Å²) < 4.78 is 21.1. The Kier molecular flexibility index (Phi) is 15.2. The smallest absolute Gasteiger partial charge is 0.269 e. The SMILES string of the molecule is C=CCOC12Oc3ccc(Oc4cccc(C=O)c4)cc3C3C(CCCCO)C(CCCCO)C=C(C(=NOC)CC1N(Cc1cccc4ccccc14)C(=O)C=Cc1ccc([N+](=O)[O-])cc1)C32. The quantitative estimate of drug-likeness (QED) is 0.0180. The molecule has 5 aromatic carbocycles. The van der Waals surface area contributed by atoms with Crippen LogP contribution in [-0.2, 0) is 20.9 Å². The Morgan fingerprint density at radius 2 is 1.68 bits per heavy atom. The van der Waals surface area contributed by atoms with Crippen LogP contribution in [0.2, 0.25) is 0 Å². The predicted molar refractivity (Wildman–Crippen MR) is 260 cm³/mol. The molecule has 0 bridgehead atoms. The van der Waals surface area contributed by atoms with Crippen molar-refractivity contribution in [2.45, 2.75) is 69.2 Å². The van der Waals surface area contributed by atoms with Gasteiger partial charge in [-0.3, -0.25) is 19.7 Å². The Balaban J connectivity index is 1.34. The molecule has 1 aliphatic heterocycles. The van der Waals surface area contributed by atoms with Crippen molar-refractivity contribution < 1.29 is 43.8 Å². The number of nitrogens with zero attached hydrogens (tertiary/aromatic N) is 3. The number of carbonyl (C=O) groups excluding carboxylic acids is 2. The molecular weight excluding hydrogens is 863 g/mol. The van der Waals surface area contributed by atoms with E-state index >= 15 is 4.79 Å². The van der Waals surface area contributed by atoms with E-state index in [1.807, 2.05) is 60.7 Å². The number of unbranched alkanes of at least 4 members (excludes halogenated alkanes) is 2. The number of aldehydes is 1. The topological polar surface area (TPSA) is 170 Å². The molecule has 0 aromatic heterocycles. The maximum atomic E-state index is 15.3. The third kappa shape index (κ3) is 10.0. The summed E-state index contributed by atoms with van der Waals surface area (Å²) in [6.07, 6.45) is 12.4. The summed E-state index contributed by atoms with van der Waals surface area (Å²) >= 11 is 0. The summed E-state index contributed by atoms with van der Waals surface area (Å²) in [4.78, 5) is 45.5. The lowest BCUT2D eigenvalue weighted by atomic mass is 9.55. The molecule has 68 heavy (non-hydrogen) atoms. The molecule has 1 amide bonds. The Bertz CT molecular complexity index is 2710. The van der Waals surface area contributed by atoms with E-state index in [-0.39, 0.29) is 62.1 Å². The summed E-state index contributed by atoms with van der Waals surface area (Å²) in [5.41, 5.74) is 4.33. The number of benzene rings is 5. The highest BCUT2D eigenvalue weighted by Gasteiger charge is 2.65. The number of amides is 1. The zero-order valence-corrected chi connectivity index (χ0v) is 38.2. The van der Waals surface area contributed by atoms with E-state index in [0.29, 0.717) is 46.9 Å². The Hall–Kier alpha value is -6.93. The Labute approximate surface area is 396 Å². The number of ether oxygens (including phenoxy) is 3. The second-order valence-electron chi connectivity index (χ2n) is 17.5. The molecule has 6 unspecified atom stereocenters. The minimum absolute atomic E-state index is 0.0186. The van der Waals surface area contributed by atoms with Crippen LogP contribution in [0.4, 0.5) is 5.69 Å². The van der Waals surface area contributed by atoms with Gasteiger partial charge < -0.3 is 34.2 Å². The van der Waals surface area contributed by atoms with E-state index < -0.39 is 22.7 Å². The number of hydrogen-bond acceptors (Lipinski definition) is 11. The van der Waals surface area contributed by atoms with Gasteiger partial charge in [0.15, 0.2) is 0 Å². The molecule has 5 aromatic rings. The molecular formula is C55H57N3O10. The number of aliphatic hydroxyl groups is 2. The van der Waals surface area contributed by atoms with Gasteiger partial charge in [0.1, 0.15) is 36.7 Å². The summed E-state index contributed by atoms with van der Waals surface area (Å²) in [5.74, 6) is -1.16. The number of rotatable bonds is 21. The molecule has 1 saturated carbocycles. The van der Waals surface area contributed by atoms with E-state index in [0.717, 1.165) is 59.4 Å². The first-order valence-corrected chi connectivity index (χ1v) is 23.3. The average Bonchev–Trinajstić information content (AvgIpc) is 3.36. The highest BCUT2D eigenvalue weighted by atomic mass is 16.7. The number of nitro groups is 1. The number of nitro benzene ring substituents is 1. The van der Waals surface area contributed by atoms with Gasteiger partial charge in [-0.05, 0) is 114 Å². The average molecular weight is 920 g/mol. The van der Waals surface area contributed by atoms with Crippen LogP contribution >= 0.6 is 0 Å². The number of fused-ring (bicyclic) bond motifs is 3. The van der Waals surface area contributed by atoms with Crippen molar-refractivity contribution in [3.05, 3.63) is 172 Å². The highest BCUT2D eigenvalue weighted by molar-refractivity contribution is 6.03. The third-order valence-corrected chi connectivity index (χ3v) is 13.5. The fourth-order valence-electron chi connectivity index (χ4n) is 10.5. The van der Waals surface area contributed by atoms with Gasteiger partial charge in [-0.1, -0.05) is 84.7 Å². The van der Waals surface area contributed by atoms with E-state index in [2.05, 4.69) is 12.7 Å². The van der Waals surface area contributed by atoms with Crippen molar-refractivity contribution in [2.24, 2.45) is 22.9 Å². The van der Waals surface area contributed by atoms with Crippen LogP contribution in [0, 0.1) is 27.9 Å². The van der Waals surface area contributed by atoms with E-state index in [9.17, 15) is 25.1 Å². The monoisotopic (exact) mass is 919 g/mol. The number of hydrogen-bond donors (Lipinski definition) is 2. The first-order valence-electron chi connectivity index (χ1n) is 23.3. The van der Waals surface area contributed by atoms with Crippen molar-refractivity contribution in [1.29, 1.82) is 0 Å². The number of carbonyl (C=O) groups is 2. The van der Waals surface area contributed by atoms with E-state index in [1.54, 1.807) is 53.5 Å². The van der Waals surface area contributed by atoms with Crippen LogP contribution in [-0.4, -0.2) is 76.7 Å². The first kappa shape index (κ1) is 47.6. The summed E-state index contributed by atoms with van der Waals surface area (Å²) in [6.45, 7) is 4.41. The van der Waals surface area contributed by atoms with Gasteiger partial charge in [0, 0.05) is 61.4 Å². The van der Waals surface area contributed by atoms with Crippen molar-refractivity contribution >= 4 is 40.4 Å². The predicted octanol–water partition coefficient (Wildman–Crippen LogP) is 10.4. The molecule has 13 heteroatoms. The van der Waals surface area contributed by atoms with Gasteiger partial charge in [0.2, 0.25) is 11.7 Å². The normalized spacial score (nSPS) is 22.1. The number of oxime groups is 1. The molecule has 352 valence electrons. The second-order valence-corrected chi connectivity index (χ2v) is 17.5. The van der Waals surface area contributed by atoms with Crippen molar-refractivity contribution in [3.8, 4) is 17.2 Å². The van der Waals surface area contributed by atoms with Crippen LogP contribution in [0.25, 0.3) is 16.8 Å². The van der Waals surface area contributed by atoms with Crippen LogP contribution in [0.1, 0.15) is 77.9 Å². The summed E-state index contributed by atoms with van der Waals surface area (Å²) in [6, 6.07) is 31.9. The molecule has 0 radical (unpaired) electrons. The molecule has 1 heterocycles. The molecule has 6 atom stereocenters. The number of aliphatic hydroxyl groups excluding tert-OH is 2. The van der Waals surface area contributed by atoms with Gasteiger partial charge in [-0.25, -0.2) is 0 Å². The van der Waals surface area contributed by atoms with Crippen LogP contribution in [0.15, 0.2) is 145 Å². The Morgan fingerprint density at radius 1 is 0.926 bits per heavy atom. The maximum Gasteiger partial charge on any atom is 0.269 e. The summed E-state index contributed by atoms with van der Waals surface area (Å²) in [7, 11) is 1.51. The zero-order valence-electron chi connectivity index (χ0n) is 38.2. The number of non-ortho nitro benzene ring substituents is 1. The lowest BCUT2D eigenvalue weighted by Crippen LogP contribution is -2.70. The molecule has 2 N–H and O–H groups in total. The molecule has 1 fully saturated rings. The largest absolute Gasteiger partial charge is 0.459 e. The molecule has 8 rings (SSSR count). The van der Waals surface area contributed by atoms with Gasteiger partial charge in [-0.15, -0.1) is 6.58 Å². The van der Waals surface area contributed by atoms with Gasteiger partial charge in [0.05, 0.1) is 23.2 Å². The van der Waals surface area contributed by atoms with E-state index in [1.165, 1.54) is 25.3 Å². The molecule has 2 aliphatic carbocycles. The van der Waals surface area contributed by atoms with Crippen LogP contribution in [0.3, 0.4) is 0 Å². The lowest BCUT2D eigenvalue weighted by molar-refractivity contribution is -0.384. The van der Waals surface area contributed by atoms with Crippen LogP contribution < -0.4 is 9.47 Å². The van der Waals surface area contributed by atoms with Crippen molar-refractivity contribution in [1.82, 2.24) is 4.90 Å². The van der Waals surface area contributed by atoms with Gasteiger partial charge in [0.25, 0.3) is 5.69 Å². The van der Waals surface area contributed by atoms with Crippen LogP contribution in [0.5, 0.6) is 17.2 Å². The Morgan fingerprint density at radius 3 is 2.43 bits per heavy atom. The zero-order chi connectivity index (χ0) is 47.6. The lowest BCUT2D eigenvalue weighted by Gasteiger charge is -2.60. The minimum atomic E-state index is -1.53. The first-order chi connectivity index (χ1) is 33.2. The molecule has 3 aliphatic rings. The highest BCUT2D eigenvalue weighted by Crippen LogP contribution is 2.62. The van der Waals surface area contributed by atoms with Gasteiger partial charge >= 0.3 is 0 Å². The molecule has 13 nitrogen and oxygen atoms in total. The van der Waals surface area contributed by atoms with E-state index in [4.69, 9.17) is 24.2 Å². The molecule has 0 spiro atoms. The maximum absolute atomic E-state index is 15.3. The number of allylic oxidation sites excluding steroid dienone is 1. The fraction of sp³-hybridized carbons (Fsp3) is 0.327. The summed E-state index contributed by atoms with van der Waals surface area (Å²) in [5, 5.41) is 38.2. The standard InChI is InChI=1S/C55H57N3O10/c1-3-30-66-55-51(57(35-41-16-11-15-39-13-4-5-18-45(39)41)52(62)27-22-37-20-23-42(24-21-37)58(63)64)34-49(56-65-2)47-32-40(14-6-8-28-59)46(19-7-9-29-60)53(54(47)55)48-33-44(25-26-50(48)68-55)67-43-17-10-12-38(31-43)36-61/h3-5,10-13,15-18,20-27,31-33,36,40,46,51,53-54,59-60H,1,6-9,14,19,28-30,34-35H2,2H3. The van der Waals surface area contributed by atoms with Gasteiger partial charge in [-0.2, -0.15) is 0 Å². The van der Waals surface area contributed by atoms with Crippen molar-refractivity contribution in [3.63, 3.8) is 0 Å². The second kappa shape index (κ2) is 21.8. The fourth-order valence-corrected chi connectivity index (χ4v) is 10.5. The molecule has 0 saturated heterocycles. The minimum Gasteiger partial charge on any atom is -0.459 e. The van der Waals surface area contributed by atoms with Crippen molar-refractivity contribution in [2.75, 3.05) is 26.9 Å².